The van der Waals surface area contributed by atoms with Gasteiger partial charge in [0.25, 0.3) is 0 Å². The van der Waals surface area contributed by atoms with E-state index in [1.165, 1.54) is 0 Å². The third-order valence-electron chi connectivity index (χ3n) is 3.87. The average molecular weight is 300 g/mol. The Kier molecular flexibility index (Phi) is 5.99. The number of nitrogens with one attached hydrogen (secondary N) is 1. The van der Waals surface area contributed by atoms with Gasteiger partial charge >= 0.3 is 18.0 Å². The van der Waals surface area contributed by atoms with Gasteiger partial charge in [0.05, 0.1) is 0 Å². The van der Waals surface area contributed by atoms with Gasteiger partial charge in [-0.05, 0) is 31.1 Å². The van der Waals surface area contributed by atoms with Crippen LogP contribution in [0.15, 0.2) is 0 Å². The van der Waals surface area contributed by atoms with Crippen LogP contribution in [0, 0.1) is 5.41 Å². The fraction of sp³-hybridized carbons (Fsp3) is 0.786. The Bertz CT molecular complexity index is 408. The Morgan fingerprint density at radius 3 is 2.43 bits per heavy atom. The van der Waals surface area contributed by atoms with Crippen LogP contribution < -0.4 is 5.32 Å². The third kappa shape index (κ3) is 6.01. The minimum Gasteiger partial charge on any atom is -0.481 e. The number of nitrogens with zero attached hydrogens (tertiary/aromatic N) is 1. The molecular weight excluding hydrogens is 276 g/mol. The van der Waals surface area contributed by atoms with Crippen molar-refractivity contribution in [1.82, 2.24) is 10.2 Å². The maximum absolute atomic E-state index is 12.1. The largest absolute Gasteiger partial charge is 0.481 e. The fourth-order valence-electron chi connectivity index (χ4n) is 2.39. The van der Waals surface area contributed by atoms with E-state index >= 15 is 0 Å². The van der Waals surface area contributed by atoms with Crippen molar-refractivity contribution in [3.8, 4) is 0 Å². The van der Waals surface area contributed by atoms with Crippen molar-refractivity contribution in [3.05, 3.63) is 0 Å². The highest BCUT2D eigenvalue weighted by atomic mass is 16.4. The number of amides is 2. The monoisotopic (exact) mass is 300 g/mol. The van der Waals surface area contributed by atoms with E-state index < -0.39 is 24.0 Å². The summed E-state index contributed by atoms with van der Waals surface area (Å²) in [5.41, 5.74) is 0.185. The summed E-state index contributed by atoms with van der Waals surface area (Å²) >= 11 is 0. The van der Waals surface area contributed by atoms with Crippen LogP contribution in [0.3, 0.4) is 0 Å². The van der Waals surface area contributed by atoms with Crippen LogP contribution in [0.4, 0.5) is 4.79 Å². The van der Waals surface area contributed by atoms with Gasteiger partial charge in [0.15, 0.2) is 0 Å². The number of likely N-dealkylation sites (tertiary alicyclic amines) is 1. The highest BCUT2D eigenvalue weighted by Gasteiger charge is 2.28. The predicted octanol–water partition coefficient (Wildman–Crippen LogP) is 1.53. The highest BCUT2D eigenvalue weighted by Crippen LogP contribution is 2.29. The Morgan fingerprint density at radius 1 is 1.19 bits per heavy atom. The SMILES string of the molecule is CC1(C)CCCN(C(=O)NC(CCC(=O)O)C(=O)O)CC1. The number of rotatable bonds is 5. The van der Waals surface area contributed by atoms with Gasteiger partial charge < -0.3 is 20.4 Å². The Hall–Kier alpha value is -1.79. The second kappa shape index (κ2) is 7.28. The first-order valence-electron chi connectivity index (χ1n) is 7.21. The predicted molar refractivity (Wildman–Crippen MR) is 76.0 cm³/mol. The van der Waals surface area contributed by atoms with Crippen molar-refractivity contribution in [2.24, 2.45) is 5.41 Å². The van der Waals surface area contributed by atoms with Crippen molar-refractivity contribution in [2.75, 3.05) is 13.1 Å². The minimum absolute atomic E-state index is 0.115. The number of carboxylic acid groups (broad SMARTS) is 2. The number of carbonyl (C=O) groups is 3. The minimum atomic E-state index is -1.21. The van der Waals surface area contributed by atoms with Crippen molar-refractivity contribution >= 4 is 18.0 Å². The summed E-state index contributed by atoms with van der Waals surface area (Å²) in [6.07, 6.45) is 2.37. The molecule has 0 aromatic rings. The zero-order valence-electron chi connectivity index (χ0n) is 12.6. The molecule has 3 N–H and O–H groups in total. The van der Waals surface area contributed by atoms with E-state index in [-0.39, 0.29) is 18.3 Å². The normalized spacial score (nSPS) is 19.4. The lowest BCUT2D eigenvalue weighted by Gasteiger charge is -2.25. The Labute approximate surface area is 124 Å². The Morgan fingerprint density at radius 2 is 1.86 bits per heavy atom. The van der Waals surface area contributed by atoms with Gasteiger partial charge in [-0.2, -0.15) is 0 Å². The summed E-state index contributed by atoms with van der Waals surface area (Å²) in [5.74, 6) is -2.29. The average Bonchev–Trinajstić information content (AvgIpc) is 2.54. The van der Waals surface area contributed by atoms with Gasteiger partial charge in [-0.3, -0.25) is 4.79 Å². The molecule has 1 atom stereocenters. The first kappa shape index (κ1) is 17.3. The number of carboxylic acids is 2. The lowest BCUT2D eigenvalue weighted by Crippen LogP contribution is -2.48. The molecule has 0 aromatic heterocycles. The van der Waals surface area contributed by atoms with Crippen LogP contribution in [0.25, 0.3) is 0 Å². The summed E-state index contributed by atoms with van der Waals surface area (Å²) in [7, 11) is 0. The lowest BCUT2D eigenvalue weighted by molar-refractivity contribution is -0.140. The lowest BCUT2D eigenvalue weighted by atomic mass is 9.85. The van der Waals surface area contributed by atoms with Crippen LogP contribution in [0.2, 0.25) is 0 Å². The topological polar surface area (TPSA) is 107 Å². The van der Waals surface area contributed by atoms with E-state index in [0.717, 1.165) is 19.3 Å². The van der Waals surface area contributed by atoms with E-state index in [9.17, 15) is 14.4 Å². The summed E-state index contributed by atoms with van der Waals surface area (Å²) in [4.78, 5) is 35.3. The maximum atomic E-state index is 12.1. The van der Waals surface area contributed by atoms with Gasteiger partial charge in [-0.25, -0.2) is 9.59 Å². The summed E-state index contributed by atoms with van der Waals surface area (Å²) < 4.78 is 0. The molecule has 0 bridgehead atoms. The number of hydrogen-bond acceptors (Lipinski definition) is 3. The smallest absolute Gasteiger partial charge is 0.326 e. The standard InChI is InChI=1S/C14H24N2O5/c1-14(2)6-3-8-16(9-7-14)13(21)15-10(12(19)20)4-5-11(17)18/h10H,3-9H2,1-2H3,(H,15,21)(H,17,18)(H,19,20). The van der Waals surface area contributed by atoms with Crippen molar-refractivity contribution in [2.45, 2.75) is 52.0 Å². The summed E-state index contributed by atoms with van der Waals surface area (Å²) in [6, 6.07) is -1.59. The highest BCUT2D eigenvalue weighted by molar-refractivity contribution is 5.83. The third-order valence-corrected chi connectivity index (χ3v) is 3.87. The van der Waals surface area contributed by atoms with E-state index in [1.807, 2.05) is 0 Å². The molecule has 7 heteroatoms. The molecule has 21 heavy (non-hydrogen) atoms. The molecule has 1 heterocycles. The number of hydrogen-bond donors (Lipinski definition) is 3. The van der Waals surface area contributed by atoms with Gasteiger partial charge in [-0.1, -0.05) is 13.8 Å². The molecular formula is C14H24N2O5. The molecule has 1 aliphatic heterocycles. The quantitative estimate of drug-likeness (QED) is 0.713. The molecule has 0 aromatic carbocycles. The molecule has 0 saturated carbocycles. The van der Waals surface area contributed by atoms with Gasteiger partial charge in [0.1, 0.15) is 6.04 Å². The first-order valence-corrected chi connectivity index (χ1v) is 7.21. The van der Waals surface area contributed by atoms with Crippen molar-refractivity contribution in [1.29, 1.82) is 0 Å². The molecule has 1 aliphatic rings. The second-order valence-corrected chi connectivity index (χ2v) is 6.28. The van der Waals surface area contributed by atoms with Gasteiger partial charge in [-0.15, -0.1) is 0 Å². The summed E-state index contributed by atoms with van der Waals surface area (Å²) in [6.45, 7) is 5.49. The van der Waals surface area contributed by atoms with Crippen LogP contribution >= 0.6 is 0 Å². The molecule has 0 spiro atoms. The molecule has 1 rings (SSSR count). The molecule has 0 aliphatic carbocycles. The number of aliphatic carboxylic acids is 2. The van der Waals surface area contributed by atoms with E-state index in [2.05, 4.69) is 19.2 Å². The van der Waals surface area contributed by atoms with E-state index in [4.69, 9.17) is 10.2 Å². The second-order valence-electron chi connectivity index (χ2n) is 6.28. The molecule has 7 nitrogen and oxygen atoms in total. The van der Waals surface area contributed by atoms with E-state index in [1.54, 1.807) is 4.90 Å². The molecule has 1 unspecified atom stereocenters. The van der Waals surface area contributed by atoms with Crippen LogP contribution in [0.1, 0.15) is 46.0 Å². The zero-order valence-corrected chi connectivity index (χ0v) is 12.6. The fourth-order valence-corrected chi connectivity index (χ4v) is 2.39. The van der Waals surface area contributed by atoms with E-state index in [0.29, 0.717) is 13.1 Å². The molecule has 0 radical (unpaired) electrons. The van der Waals surface area contributed by atoms with Crippen molar-refractivity contribution in [3.63, 3.8) is 0 Å². The molecule has 120 valence electrons. The number of carbonyl (C=O) groups excluding carboxylic acids is 1. The van der Waals surface area contributed by atoms with Crippen LogP contribution in [-0.2, 0) is 9.59 Å². The molecule has 1 saturated heterocycles. The van der Waals surface area contributed by atoms with Crippen molar-refractivity contribution < 1.29 is 24.6 Å². The van der Waals surface area contributed by atoms with Crippen LogP contribution in [-0.4, -0.2) is 52.2 Å². The molecule has 1 fully saturated rings. The summed E-state index contributed by atoms with van der Waals surface area (Å²) in [5, 5.41) is 20.1. The van der Waals surface area contributed by atoms with Gasteiger partial charge in [0.2, 0.25) is 0 Å². The number of urea groups is 1. The van der Waals surface area contributed by atoms with Gasteiger partial charge in [0, 0.05) is 19.5 Å². The zero-order chi connectivity index (χ0) is 16.0. The van der Waals surface area contributed by atoms with Crippen LogP contribution in [0.5, 0.6) is 0 Å². The first-order chi connectivity index (χ1) is 9.71. The molecule has 2 amide bonds. The maximum Gasteiger partial charge on any atom is 0.326 e. The Balaban J connectivity index is 2.56.